The van der Waals surface area contributed by atoms with Gasteiger partial charge in [-0.25, -0.2) is 0 Å². The summed E-state index contributed by atoms with van der Waals surface area (Å²) in [5, 5.41) is -0.283. The summed E-state index contributed by atoms with van der Waals surface area (Å²) in [6.07, 6.45) is 2.67. The Balaban J connectivity index is 1.67. The number of ether oxygens (including phenoxy) is 2. The van der Waals surface area contributed by atoms with Crippen LogP contribution in [-0.2, 0) is 4.79 Å². The molecule has 1 fully saturated rings. The normalized spacial score (nSPS) is 16.4. The van der Waals surface area contributed by atoms with Crippen LogP contribution < -0.4 is 9.47 Å². The van der Waals surface area contributed by atoms with Crippen LogP contribution in [0.3, 0.4) is 0 Å². The third-order valence-electron chi connectivity index (χ3n) is 4.56. The fourth-order valence-corrected chi connectivity index (χ4v) is 3.66. The molecule has 1 heterocycles. The van der Waals surface area contributed by atoms with E-state index >= 15 is 0 Å². The second kappa shape index (κ2) is 9.65. The zero-order valence-electron chi connectivity index (χ0n) is 16.9. The highest BCUT2D eigenvalue weighted by atomic mass is 32.2. The van der Waals surface area contributed by atoms with E-state index < -0.39 is 0 Å². The summed E-state index contributed by atoms with van der Waals surface area (Å²) in [4.78, 5) is 26.7. The van der Waals surface area contributed by atoms with Crippen LogP contribution in [0.2, 0.25) is 0 Å². The maximum Gasteiger partial charge on any atom is 0.293 e. The highest BCUT2D eigenvalue weighted by Gasteiger charge is 2.35. The Labute approximate surface area is 175 Å². The predicted molar refractivity (Wildman–Crippen MR) is 116 cm³/mol. The summed E-state index contributed by atoms with van der Waals surface area (Å²) in [5.74, 6) is 1.13. The third-order valence-corrected chi connectivity index (χ3v) is 5.46. The van der Waals surface area contributed by atoms with Crippen LogP contribution in [0.1, 0.15) is 31.4 Å². The minimum atomic E-state index is -0.300. The van der Waals surface area contributed by atoms with E-state index in [4.69, 9.17) is 9.47 Å². The lowest BCUT2D eigenvalue weighted by Crippen LogP contribution is -2.32. The number of hydrogen-bond acceptors (Lipinski definition) is 5. The van der Waals surface area contributed by atoms with Crippen molar-refractivity contribution in [3.63, 3.8) is 0 Å². The quantitative estimate of drug-likeness (QED) is 0.553. The van der Waals surface area contributed by atoms with E-state index in [-0.39, 0.29) is 30.4 Å². The lowest BCUT2D eigenvalue weighted by Gasteiger charge is -2.15. The van der Waals surface area contributed by atoms with Gasteiger partial charge in [0.1, 0.15) is 18.1 Å². The average Bonchev–Trinajstić information content (AvgIpc) is 2.97. The summed E-state index contributed by atoms with van der Waals surface area (Å²) >= 11 is 0.946. The Hall–Kier alpha value is -2.73. The first-order chi connectivity index (χ1) is 14.0. The third kappa shape index (κ3) is 5.41. The molecule has 0 bridgehead atoms. The van der Waals surface area contributed by atoms with Crippen molar-refractivity contribution in [3.8, 4) is 11.5 Å². The topological polar surface area (TPSA) is 55.8 Å². The van der Waals surface area contributed by atoms with Gasteiger partial charge in [-0.05, 0) is 61.9 Å². The van der Waals surface area contributed by atoms with E-state index in [0.29, 0.717) is 10.7 Å². The van der Waals surface area contributed by atoms with E-state index in [1.165, 1.54) is 4.90 Å². The number of carbonyl (C=O) groups excluding carboxylic acids is 2. The number of benzene rings is 2. The Morgan fingerprint density at radius 1 is 1.14 bits per heavy atom. The SMILES string of the molecule is CCC(C)Oc1ccccc1/C=C1\SC(=O)N(CCOc2cccc(C)c2)C1=O. The largest absolute Gasteiger partial charge is 0.492 e. The molecule has 1 aliphatic heterocycles. The minimum Gasteiger partial charge on any atom is -0.492 e. The maximum absolute atomic E-state index is 12.7. The van der Waals surface area contributed by atoms with Crippen LogP contribution in [0.5, 0.6) is 11.5 Å². The van der Waals surface area contributed by atoms with Crippen molar-refractivity contribution in [2.24, 2.45) is 0 Å². The molecule has 0 spiro atoms. The van der Waals surface area contributed by atoms with Crippen LogP contribution >= 0.6 is 11.8 Å². The highest BCUT2D eigenvalue weighted by molar-refractivity contribution is 8.18. The molecule has 0 saturated carbocycles. The molecular formula is C23H25NO4S. The van der Waals surface area contributed by atoms with Gasteiger partial charge in [-0.2, -0.15) is 0 Å². The molecule has 0 N–H and O–H groups in total. The van der Waals surface area contributed by atoms with Gasteiger partial charge in [0, 0.05) is 5.56 Å². The van der Waals surface area contributed by atoms with Gasteiger partial charge in [0.2, 0.25) is 0 Å². The zero-order chi connectivity index (χ0) is 20.8. The zero-order valence-corrected chi connectivity index (χ0v) is 17.7. The fraction of sp³-hybridized carbons (Fsp3) is 0.304. The second-order valence-corrected chi connectivity index (χ2v) is 7.87. The van der Waals surface area contributed by atoms with E-state index in [0.717, 1.165) is 35.1 Å². The lowest BCUT2D eigenvalue weighted by molar-refractivity contribution is -0.123. The molecule has 0 aromatic heterocycles. The minimum absolute atomic E-state index is 0.0679. The van der Waals surface area contributed by atoms with Crippen molar-refractivity contribution < 1.29 is 19.1 Å². The molecule has 6 heteroatoms. The molecule has 2 amide bonds. The number of thioether (sulfide) groups is 1. The van der Waals surface area contributed by atoms with Gasteiger partial charge in [0.25, 0.3) is 11.1 Å². The predicted octanol–water partition coefficient (Wildman–Crippen LogP) is 5.29. The van der Waals surface area contributed by atoms with Crippen molar-refractivity contribution in [3.05, 3.63) is 64.6 Å². The Morgan fingerprint density at radius 3 is 2.69 bits per heavy atom. The number of imide groups is 1. The first-order valence-corrected chi connectivity index (χ1v) is 10.5. The van der Waals surface area contributed by atoms with Crippen LogP contribution in [-0.4, -0.2) is 35.3 Å². The van der Waals surface area contributed by atoms with Crippen molar-refractivity contribution in [1.29, 1.82) is 0 Å². The molecule has 1 saturated heterocycles. The Kier molecular flexibility index (Phi) is 6.99. The van der Waals surface area contributed by atoms with Crippen molar-refractivity contribution in [2.45, 2.75) is 33.3 Å². The number of nitrogens with zero attached hydrogens (tertiary/aromatic N) is 1. The first-order valence-electron chi connectivity index (χ1n) is 9.68. The summed E-state index contributed by atoms with van der Waals surface area (Å²) < 4.78 is 11.6. The van der Waals surface area contributed by atoms with Crippen LogP contribution in [0.15, 0.2) is 53.4 Å². The number of aryl methyl sites for hydroxylation is 1. The lowest BCUT2D eigenvalue weighted by atomic mass is 10.1. The van der Waals surface area contributed by atoms with Gasteiger partial charge in [-0.1, -0.05) is 37.3 Å². The van der Waals surface area contributed by atoms with Gasteiger partial charge >= 0.3 is 0 Å². The molecule has 2 aromatic rings. The molecule has 5 nitrogen and oxygen atoms in total. The molecule has 2 aromatic carbocycles. The molecule has 29 heavy (non-hydrogen) atoms. The van der Waals surface area contributed by atoms with Gasteiger partial charge in [0.15, 0.2) is 0 Å². The molecule has 0 radical (unpaired) electrons. The number of amides is 2. The summed E-state index contributed by atoms with van der Waals surface area (Å²) in [6.45, 7) is 6.50. The summed E-state index contributed by atoms with van der Waals surface area (Å²) in [5.41, 5.74) is 1.88. The van der Waals surface area contributed by atoms with Gasteiger partial charge < -0.3 is 9.47 Å². The molecule has 0 aliphatic carbocycles. The van der Waals surface area contributed by atoms with Gasteiger partial charge in [0.05, 0.1) is 17.6 Å². The molecule has 1 unspecified atom stereocenters. The average molecular weight is 412 g/mol. The summed E-state index contributed by atoms with van der Waals surface area (Å²) in [6, 6.07) is 15.2. The van der Waals surface area contributed by atoms with Crippen LogP contribution in [0.25, 0.3) is 6.08 Å². The molecule has 1 aliphatic rings. The van der Waals surface area contributed by atoms with Crippen molar-refractivity contribution in [1.82, 2.24) is 4.90 Å². The highest BCUT2D eigenvalue weighted by Crippen LogP contribution is 2.34. The molecule has 1 atom stereocenters. The van der Waals surface area contributed by atoms with Crippen LogP contribution in [0.4, 0.5) is 4.79 Å². The van der Waals surface area contributed by atoms with E-state index in [1.807, 2.05) is 62.4 Å². The van der Waals surface area contributed by atoms with E-state index in [9.17, 15) is 9.59 Å². The Morgan fingerprint density at radius 2 is 1.93 bits per heavy atom. The number of carbonyl (C=O) groups is 2. The summed E-state index contributed by atoms with van der Waals surface area (Å²) in [7, 11) is 0. The van der Waals surface area contributed by atoms with E-state index in [2.05, 4.69) is 6.92 Å². The maximum atomic E-state index is 12.7. The van der Waals surface area contributed by atoms with Crippen molar-refractivity contribution >= 4 is 29.0 Å². The van der Waals surface area contributed by atoms with Crippen molar-refractivity contribution in [2.75, 3.05) is 13.2 Å². The van der Waals surface area contributed by atoms with Crippen LogP contribution in [0, 0.1) is 6.92 Å². The standard InChI is InChI=1S/C23H25NO4S/c1-4-17(3)28-20-11-6-5-9-18(20)15-21-22(25)24(23(26)29-21)12-13-27-19-10-7-8-16(2)14-19/h5-11,14-15,17H,4,12-13H2,1-3H3/b21-15-. The van der Waals surface area contributed by atoms with Gasteiger partial charge in [-0.15, -0.1) is 0 Å². The number of hydrogen-bond donors (Lipinski definition) is 0. The van der Waals surface area contributed by atoms with E-state index in [1.54, 1.807) is 6.08 Å². The fourth-order valence-electron chi connectivity index (χ4n) is 2.80. The number of para-hydroxylation sites is 1. The van der Waals surface area contributed by atoms with Gasteiger partial charge in [-0.3, -0.25) is 14.5 Å². The first kappa shape index (κ1) is 21.0. The Bertz CT molecular complexity index is 925. The molecule has 152 valence electrons. The smallest absolute Gasteiger partial charge is 0.293 e. The number of rotatable bonds is 8. The second-order valence-electron chi connectivity index (χ2n) is 6.87. The molecule has 3 rings (SSSR count). The molecular weight excluding hydrogens is 386 g/mol. The monoisotopic (exact) mass is 411 g/mol.